The van der Waals surface area contributed by atoms with Gasteiger partial charge in [-0.15, -0.1) is 0 Å². The van der Waals surface area contributed by atoms with Crippen LogP contribution in [0, 0.1) is 5.92 Å². The number of hydrogen-bond acceptors (Lipinski definition) is 5. The molecular formula is C17H22N4O3. The summed E-state index contributed by atoms with van der Waals surface area (Å²) in [5.74, 6) is 1.88. The minimum absolute atomic E-state index is 0.0924. The molecule has 1 amide bonds. The Hall–Kier alpha value is -2.70. The Morgan fingerprint density at radius 1 is 1.33 bits per heavy atom. The highest BCUT2D eigenvalue weighted by Gasteiger charge is 2.24. The summed E-state index contributed by atoms with van der Waals surface area (Å²) in [5, 5.41) is 9.40. The van der Waals surface area contributed by atoms with Crippen molar-refractivity contribution in [1.29, 1.82) is 0 Å². The molecule has 7 heteroatoms. The lowest BCUT2D eigenvalue weighted by atomic mass is 10.1. The molecule has 1 fully saturated rings. The fourth-order valence-electron chi connectivity index (χ4n) is 2.92. The molecule has 0 radical (unpaired) electrons. The van der Waals surface area contributed by atoms with Crippen LogP contribution in [0.4, 0.5) is 5.69 Å². The number of aromatic amines is 1. The second-order valence-electron chi connectivity index (χ2n) is 5.87. The van der Waals surface area contributed by atoms with Crippen LogP contribution in [0.3, 0.4) is 0 Å². The predicted octanol–water partition coefficient (Wildman–Crippen LogP) is 1.68. The molecule has 1 atom stereocenters. The second-order valence-corrected chi connectivity index (χ2v) is 5.87. The van der Waals surface area contributed by atoms with Crippen LogP contribution in [0.2, 0.25) is 0 Å². The summed E-state index contributed by atoms with van der Waals surface area (Å²) in [4.78, 5) is 14.3. The third-order valence-corrected chi connectivity index (χ3v) is 4.30. The van der Waals surface area contributed by atoms with Gasteiger partial charge in [-0.1, -0.05) is 0 Å². The van der Waals surface area contributed by atoms with Gasteiger partial charge in [0, 0.05) is 49.7 Å². The van der Waals surface area contributed by atoms with Crippen molar-refractivity contribution >= 4 is 11.6 Å². The zero-order chi connectivity index (χ0) is 16.9. The van der Waals surface area contributed by atoms with Crippen molar-refractivity contribution in [2.24, 2.45) is 5.92 Å². The summed E-state index contributed by atoms with van der Waals surface area (Å²) < 4.78 is 10.7. The van der Waals surface area contributed by atoms with Gasteiger partial charge in [0.05, 0.1) is 26.0 Å². The van der Waals surface area contributed by atoms with Crippen molar-refractivity contribution < 1.29 is 14.3 Å². The molecule has 1 aliphatic rings. The van der Waals surface area contributed by atoms with Crippen molar-refractivity contribution in [3.8, 4) is 11.5 Å². The summed E-state index contributed by atoms with van der Waals surface area (Å²) in [6.45, 7) is 2.49. The first-order valence-corrected chi connectivity index (χ1v) is 7.94. The number of rotatable bonds is 6. The van der Waals surface area contributed by atoms with E-state index in [4.69, 9.17) is 9.47 Å². The zero-order valence-electron chi connectivity index (χ0n) is 13.9. The Balaban J connectivity index is 1.58. The van der Waals surface area contributed by atoms with Gasteiger partial charge in [0.1, 0.15) is 11.5 Å². The van der Waals surface area contributed by atoms with Gasteiger partial charge in [0.25, 0.3) is 5.91 Å². The molecule has 0 saturated carbocycles. The average Bonchev–Trinajstić information content (AvgIpc) is 3.30. The fraction of sp³-hybridized carbons (Fsp3) is 0.412. The molecular weight excluding hydrogens is 308 g/mol. The van der Waals surface area contributed by atoms with Crippen molar-refractivity contribution in [3.05, 3.63) is 36.2 Å². The van der Waals surface area contributed by atoms with Crippen LogP contribution < -0.4 is 19.7 Å². The molecule has 0 unspecified atom stereocenters. The Kier molecular flexibility index (Phi) is 4.88. The van der Waals surface area contributed by atoms with Crippen molar-refractivity contribution in [2.75, 3.05) is 38.8 Å². The predicted molar refractivity (Wildman–Crippen MR) is 90.8 cm³/mol. The van der Waals surface area contributed by atoms with E-state index in [0.29, 0.717) is 18.0 Å². The third-order valence-electron chi connectivity index (χ3n) is 4.30. The number of H-pyrrole nitrogens is 1. The Morgan fingerprint density at radius 2 is 2.08 bits per heavy atom. The number of benzene rings is 1. The maximum Gasteiger partial charge on any atom is 0.254 e. The molecule has 128 valence electrons. The number of methoxy groups -OCH3 is 2. The van der Waals surface area contributed by atoms with E-state index in [0.717, 1.165) is 36.7 Å². The van der Waals surface area contributed by atoms with Crippen molar-refractivity contribution in [1.82, 2.24) is 15.5 Å². The number of anilines is 1. The van der Waals surface area contributed by atoms with Crippen molar-refractivity contribution in [2.45, 2.75) is 6.42 Å². The molecule has 1 aromatic carbocycles. The lowest BCUT2D eigenvalue weighted by molar-refractivity contribution is 0.0948. The first-order valence-electron chi connectivity index (χ1n) is 7.94. The fourth-order valence-corrected chi connectivity index (χ4v) is 2.92. The molecule has 1 saturated heterocycles. The van der Waals surface area contributed by atoms with Crippen LogP contribution in [0.5, 0.6) is 11.5 Å². The van der Waals surface area contributed by atoms with Gasteiger partial charge < -0.3 is 19.7 Å². The minimum atomic E-state index is -0.0924. The number of hydrogen-bond donors (Lipinski definition) is 2. The van der Waals surface area contributed by atoms with E-state index >= 15 is 0 Å². The number of amides is 1. The number of nitrogens with one attached hydrogen (secondary N) is 2. The molecule has 3 rings (SSSR count). The Bertz CT molecular complexity index is 665. The molecule has 0 spiro atoms. The summed E-state index contributed by atoms with van der Waals surface area (Å²) in [5.41, 5.74) is 1.64. The number of aromatic nitrogens is 2. The molecule has 24 heavy (non-hydrogen) atoms. The van der Waals surface area contributed by atoms with E-state index in [1.807, 2.05) is 18.2 Å². The Labute approximate surface area is 140 Å². The van der Waals surface area contributed by atoms with Crippen LogP contribution in [0.25, 0.3) is 0 Å². The first kappa shape index (κ1) is 16.2. The van der Waals surface area contributed by atoms with Gasteiger partial charge in [0.2, 0.25) is 0 Å². The maximum atomic E-state index is 12.0. The number of carbonyl (C=O) groups excluding carboxylic acids is 1. The SMILES string of the molecule is COc1cc(OC)cc(N2CC[C@H](CNC(=O)c3cn[nH]c3)C2)c1. The van der Waals surface area contributed by atoms with E-state index in [1.54, 1.807) is 20.4 Å². The van der Waals surface area contributed by atoms with Gasteiger partial charge in [-0.3, -0.25) is 9.89 Å². The lowest BCUT2D eigenvalue weighted by Gasteiger charge is -2.20. The topological polar surface area (TPSA) is 79.5 Å². The maximum absolute atomic E-state index is 12.0. The van der Waals surface area contributed by atoms with E-state index in [2.05, 4.69) is 20.4 Å². The summed E-state index contributed by atoms with van der Waals surface area (Å²) in [7, 11) is 3.30. The second kappa shape index (κ2) is 7.25. The van der Waals surface area contributed by atoms with Crippen LogP contribution in [-0.4, -0.2) is 50.0 Å². The highest BCUT2D eigenvalue weighted by Crippen LogP contribution is 2.31. The first-order chi connectivity index (χ1) is 11.7. The lowest BCUT2D eigenvalue weighted by Crippen LogP contribution is -2.30. The largest absolute Gasteiger partial charge is 0.497 e. The van der Waals surface area contributed by atoms with Crippen molar-refractivity contribution in [3.63, 3.8) is 0 Å². The third kappa shape index (κ3) is 3.61. The van der Waals surface area contributed by atoms with E-state index in [-0.39, 0.29) is 5.91 Å². The van der Waals surface area contributed by atoms with Gasteiger partial charge in [-0.05, 0) is 12.3 Å². The van der Waals surface area contributed by atoms with Crippen LogP contribution in [0.1, 0.15) is 16.8 Å². The molecule has 1 aromatic heterocycles. The van der Waals surface area contributed by atoms with E-state index < -0.39 is 0 Å². The highest BCUT2D eigenvalue weighted by atomic mass is 16.5. The average molecular weight is 330 g/mol. The summed E-state index contributed by atoms with van der Waals surface area (Å²) >= 11 is 0. The van der Waals surface area contributed by atoms with Gasteiger partial charge in [-0.2, -0.15) is 5.10 Å². The van der Waals surface area contributed by atoms with E-state index in [9.17, 15) is 4.79 Å². The Morgan fingerprint density at radius 3 is 2.71 bits per heavy atom. The summed E-state index contributed by atoms with van der Waals surface area (Å²) in [6.07, 6.45) is 4.16. The highest BCUT2D eigenvalue weighted by molar-refractivity contribution is 5.93. The minimum Gasteiger partial charge on any atom is -0.497 e. The number of ether oxygens (including phenoxy) is 2. The molecule has 2 N–H and O–H groups in total. The zero-order valence-corrected chi connectivity index (χ0v) is 13.9. The van der Waals surface area contributed by atoms with Gasteiger partial charge in [-0.25, -0.2) is 0 Å². The molecule has 2 heterocycles. The van der Waals surface area contributed by atoms with Crippen LogP contribution >= 0.6 is 0 Å². The standard InChI is InChI=1S/C17H22N4O3/c1-23-15-5-14(6-16(7-15)24-2)21-4-3-12(11-21)8-18-17(22)13-9-19-20-10-13/h5-7,9-10,12H,3-4,8,11H2,1-2H3,(H,18,22)(H,19,20)/t12-/m1/s1. The monoisotopic (exact) mass is 330 g/mol. The normalized spacial score (nSPS) is 16.9. The number of nitrogens with zero attached hydrogens (tertiary/aromatic N) is 2. The van der Waals surface area contributed by atoms with Gasteiger partial charge >= 0.3 is 0 Å². The molecule has 0 bridgehead atoms. The van der Waals surface area contributed by atoms with Gasteiger partial charge in [0.15, 0.2) is 0 Å². The number of carbonyl (C=O) groups is 1. The molecule has 7 nitrogen and oxygen atoms in total. The van der Waals surface area contributed by atoms with E-state index in [1.165, 1.54) is 6.20 Å². The van der Waals surface area contributed by atoms with Crippen LogP contribution in [-0.2, 0) is 0 Å². The van der Waals surface area contributed by atoms with Crippen LogP contribution in [0.15, 0.2) is 30.6 Å². The molecule has 2 aromatic rings. The summed E-state index contributed by atoms with van der Waals surface area (Å²) in [6, 6.07) is 5.88. The molecule has 1 aliphatic heterocycles. The molecule has 0 aliphatic carbocycles. The quantitative estimate of drug-likeness (QED) is 0.842. The smallest absolute Gasteiger partial charge is 0.254 e.